The zero-order valence-corrected chi connectivity index (χ0v) is 9.02. The van der Waals surface area contributed by atoms with Crippen LogP contribution in [0, 0.1) is 0 Å². The molecule has 1 saturated heterocycles. The number of alkyl carbamates (subject to hydrolysis) is 1. The molecule has 14 heavy (non-hydrogen) atoms. The Labute approximate surface area is 84.4 Å². The summed E-state index contributed by atoms with van der Waals surface area (Å²) in [6, 6.07) is 0.275. The van der Waals surface area contributed by atoms with Gasteiger partial charge >= 0.3 is 6.09 Å². The third-order valence-corrected chi connectivity index (χ3v) is 2.80. The largest absolute Gasteiger partial charge is 0.444 e. The van der Waals surface area contributed by atoms with E-state index in [4.69, 9.17) is 4.74 Å². The molecule has 2 fully saturated rings. The SMILES string of the molecule is CC(C)(C)OC(=O)NC1CNC12CC2. The van der Waals surface area contributed by atoms with Gasteiger partial charge in [0.05, 0.1) is 6.04 Å². The molecule has 0 aromatic heterocycles. The van der Waals surface area contributed by atoms with Gasteiger partial charge in [-0.1, -0.05) is 0 Å². The first-order chi connectivity index (χ1) is 6.41. The van der Waals surface area contributed by atoms with Crippen LogP contribution in [-0.4, -0.2) is 29.8 Å². The van der Waals surface area contributed by atoms with Crippen molar-refractivity contribution in [3.63, 3.8) is 0 Å². The lowest BCUT2D eigenvalue weighted by Gasteiger charge is -2.39. The van der Waals surface area contributed by atoms with Gasteiger partial charge in [-0.25, -0.2) is 4.79 Å². The fourth-order valence-electron chi connectivity index (χ4n) is 1.79. The molecule has 0 aromatic carbocycles. The van der Waals surface area contributed by atoms with Gasteiger partial charge in [0.15, 0.2) is 0 Å². The van der Waals surface area contributed by atoms with Crippen LogP contribution in [0.1, 0.15) is 33.6 Å². The van der Waals surface area contributed by atoms with E-state index in [0.29, 0.717) is 0 Å². The number of hydrogen-bond donors (Lipinski definition) is 2. The summed E-state index contributed by atoms with van der Waals surface area (Å²) in [5.74, 6) is 0. The molecule has 1 aliphatic heterocycles. The first kappa shape index (κ1) is 9.77. The highest BCUT2D eigenvalue weighted by Gasteiger charge is 2.56. The Morgan fingerprint density at radius 1 is 1.50 bits per heavy atom. The monoisotopic (exact) mass is 198 g/mol. The molecule has 1 amide bonds. The Bertz CT molecular complexity index is 253. The number of rotatable bonds is 1. The van der Waals surface area contributed by atoms with Gasteiger partial charge in [0.1, 0.15) is 5.60 Å². The van der Waals surface area contributed by atoms with E-state index in [1.54, 1.807) is 0 Å². The maximum atomic E-state index is 11.4. The third kappa shape index (κ3) is 1.85. The number of carbonyl (C=O) groups excluding carboxylic acids is 1. The fourth-order valence-corrected chi connectivity index (χ4v) is 1.79. The molecule has 4 heteroatoms. The predicted octanol–water partition coefficient (Wildman–Crippen LogP) is 1.02. The van der Waals surface area contributed by atoms with Crippen molar-refractivity contribution in [3.8, 4) is 0 Å². The van der Waals surface area contributed by atoms with Crippen LogP contribution in [0.25, 0.3) is 0 Å². The van der Waals surface area contributed by atoms with Gasteiger partial charge in [-0.05, 0) is 33.6 Å². The van der Waals surface area contributed by atoms with Crippen molar-refractivity contribution in [2.75, 3.05) is 6.54 Å². The molecule has 1 unspecified atom stereocenters. The van der Waals surface area contributed by atoms with Crippen LogP contribution in [0.15, 0.2) is 0 Å². The van der Waals surface area contributed by atoms with Crippen LogP contribution in [0.3, 0.4) is 0 Å². The second kappa shape index (κ2) is 2.86. The molecule has 2 aliphatic rings. The third-order valence-electron chi connectivity index (χ3n) is 2.80. The van der Waals surface area contributed by atoms with Crippen LogP contribution < -0.4 is 10.6 Å². The molecule has 1 aliphatic carbocycles. The van der Waals surface area contributed by atoms with E-state index in [9.17, 15) is 4.79 Å². The Hall–Kier alpha value is -0.770. The van der Waals surface area contributed by atoms with Gasteiger partial charge < -0.3 is 15.4 Å². The van der Waals surface area contributed by atoms with Crippen molar-refractivity contribution in [1.29, 1.82) is 0 Å². The van der Waals surface area contributed by atoms with E-state index in [-0.39, 0.29) is 17.7 Å². The average Bonchev–Trinajstić information content (AvgIpc) is 2.75. The van der Waals surface area contributed by atoms with Crippen LogP contribution in [-0.2, 0) is 4.74 Å². The summed E-state index contributed by atoms with van der Waals surface area (Å²) in [5.41, 5.74) is -0.172. The predicted molar refractivity (Wildman–Crippen MR) is 53.1 cm³/mol. The summed E-state index contributed by atoms with van der Waals surface area (Å²) in [6.07, 6.45) is 2.05. The van der Waals surface area contributed by atoms with Crippen molar-refractivity contribution >= 4 is 6.09 Å². The van der Waals surface area contributed by atoms with Gasteiger partial charge in [-0.3, -0.25) is 0 Å². The van der Waals surface area contributed by atoms with E-state index >= 15 is 0 Å². The van der Waals surface area contributed by atoms with Crippen molar-refractivity contribution in [3.05, 3.63) is 0 Å². The zero-order valence-electron chi connectivity index (χ0n) is 9.02. The van der Waals surface area contributed by atoms with Gasteiger partial charge in [0, 0.05) is 12.1 Å². The lowest BCUT2D eigenvalue weighted by Crippen LogP contribution is -2.67. The number of ether oxygens (including phenoxy) is 1. The molecule has 4 nitrogen and oxygen atoms in total. The normalized spacial score (nSPS) is 28.1. The number of nitrogens with one attached hydrogen (secondary N) is 2. The highest BCUT2D eigenvalue weighted by Crippen LogP contribution is 2.43. The fraction of sp³-hybridized carbons (Fsp3) is 0.900. The molecule has 2 N–H and O–H groups in total. The minimum Gasteiger partial charge on any atom is -0.444 e. The highest BCUT2D eigenvalue weighted by molar-refractivity contribution is 5.68. The summed E-state index contributed by atoms with van der Waals surface area (Å²) in [5, 5.41) is 6.25. The molecule has 0 bridgehead atoms. The second-order valence-corrected chi connectivity index (χ2v) is 5.24. The van der Waals surface area contributed by atoms with E-state index in [0.717, 1.165) is 6.54 Å². The lowest BCUT2D eigenvalue weighted by atomic mass is 9.98. The van der Waals surface area contributed by atoms with E-state index in [2.05, 4.69) is 10.6 Å². The number of hydrogen-bond acceptors (Lipinski definition) is 3. The molecule has 1 spiro atoms. The maximum Gasteiger partial charge on any atom is 0.407 e. The van der Waals surface area contributed by atoms with Crippen LogP contribution in [0.5, 0.6) is 0 Å². The van der Waals surface area contributed by atoms with Crippen molar-refractivity contribution in [1.82, 2.24) is 10.6 Å². The summed E-state index contributed by atoms with van der Waals surface area (Å²) < 4.78 is 5.19. The Morgan fingerprint density at radius 3 is 2.50 bits per heavy atom. The Kier molecular flexibility index (Phi) is 2.00. The first-order valence-electron chi connectivity index (χ1n) is 5.16. The quantitative estimate of drug-likeness (QED) is 0.661. The molecular weight excluding hydrogens is 180 g/mol. The van der Waals surface area contributed by atoms with E-state index < -0.39 is 5.60 Å². The molecule has 1 atom stereocenters. The highest BCUT2D eigenvalue weighted by atomic mass is 16.6. The lowest BCUT2D eigenvalue weighted by molar-refractivity contribution is 0.0453. The number of amides is 1. The average molecular weight is 198 g/mol. The van der Waals surface area contributed by atoms with E-state index in [1.165, 1.54) is 12.8 Å². The standard InChI is InChI=1S/C10H18N2O2/c1-9(2,3)14-8(13)12-7-6-11-10(7)4-5-10/h7,11H,4-6H2,1-3H3,(H,12,13). The smallest absolute Gasteiger partial charge is 0.407 e. The zero-order chi connectivity index (χ0) is 10.4. The minimum atomic E-state index is -0.405. The summed E-state index contributed by atoms with van der Waals surface area (Å²) in [4.78, 5) is 11.4. The first-order valence-corrected chi connectivity index (χ1v) is 5.16. The van der Waals surface area contributed by atoms with E-state index in [1.807, 2.05) is 20.8 Å². The summed E-state index contributed by atoms with van der Waals surface area (Å²) in [6.45, 7) is 6.49. The molecule has 80 valence electrons. The molecular formula is C10H18N2O2. The maximum absolute atomic E-state index is 11.4. The Morgan fingerprint density at radius 2 is 2.14 bits per heavy atom. The molecule has 1 saturated carbocycles. The van der Waals surface area contributed by atoms with Gasteiger partial charge in [-0.2, -0.15) is 0 Å². The summed E-state index contributed by atoms with van der Waals surface area (Å²) >= 11 is 0. The van der Waals surface area contributed by atoms with Crippen molar-refractivity contribution in [2.45, 2.75) is 50.8 Å². The molecule has 2 rings (SSSR count). The molecule has 0 radical (unpaired) electrons. The van der Waals surface area contributed by atoms with Crippen LogP contribution >= 0.6 is 0 Å². The van der Waals surface area contributed by atoms with Crippen LogP contribution in [0.4, 0.5) is 4.79 Å². The van der Waals surface area contributed by atoms with Crippen LogP contribution in [0.2, 0.25) is 0 Å². The molecule has 1 heterocycles. The van der Waals surface area contributed by atoms with Gasteiger partial charge in [0.2, 0.25) is 0 Å². The molecule has 0 aromatic rings. The van der Waals surface area contributed by atoms with Gasteiger partial charge in [-0.15, -0.1) is 0 Å². The topological polar surface area (TPSA) is 50.4 Å². The Balaban J connectivity index is 1.78. The minimum absolute atomic E-state index is 0.233. The number of carbonyl (C=O) groups is 1. The second-order valence-electron chi connectivity index (χ2n) is 5.24. The van der Waals surface area contributed by atoms with Crippen molar-refractivity contribution in [2.24, 2.45) is 0 Å². The van der Waals surface area contributed by atoms with Gasteiger partial charge in [0.25, 0.3) is 0 Å². The van der Waals surface area contributed by atoms with Crippen molar-refractivity contribution < 1.29 is 9.53 Å². The summed E-state index contributed by atoms with van der Waals surface area (Å²) in [7, 11) is 0.